The summed E-state index contributed by atoms with van der Waals surface area (Å²) < 4.78 is 5.24. The fourth-order valence-corrected chi connectivity index (χ4v) is 5.02. The molecule has 2 heterocycles. The van der Waals surface area contributed by atoms with Crippen LogP contribution >= 0.6 is 11.3 Å². The third-order valence-electron chi connectivity index (χ3n) is 6.15. The lowest BCUT2D eigenvalue weighted by molar-refractivity contribution is -0.136. The number of thiophene rings is 1. The van der Waals surface area contributed by atoms with Crippen molar-refractivity contribution in [1.82, 2.24) is 9.80 Å². The van der Waals surface area contributed by atoms with E-state index in [0.29, 0.717) is 36.6 Å². The first-order chi connectivity index (χ1) is 17.0. The average Bonchev–Trinajstić information content (AvgIpc) is 3.44. The summed E-state index contributed by atoms with van der Waals surface area (Å²) in [6.45, 7) is 0.938. The van der Waals surface area contributed by atoms with Gasteiger partial charge in [0.25, 0.3) is 11.8 Å². The van der Waals surface area contributed by atoms with Crippen LogP contribution < -0.4 is 0 Å². The van der Waals surface area contributed by atoms with Gasteiger partial charge in [0.15, 0.2) is 18.2 Å². The highest BCUT2D eigenvalue weighted by Gasteiger charge is 2.33. The predicted octanol–water partition coefficient (Wildman–Crippen LogP) is 2.66. The number of carbonyl (C=O) groups excluding carboxylic acids is 5. The molecule has 0 spiro atoms. The Morgan fingerprint density at radius 3 is 2.11 bits per heavy atom. The van der Waals surface area contributed by atoms with Gasteiger partial charge >= 0.3 is 5.97 Å². The highest BCUT2D eigenvalue weighted by Crippen LogP contribution is 2.29. The van der Waals surface area contributed by atoms with Crippen LogP contribution in [0.3, 0.4) is 0 Å². The number of fused-ring (bicyclic) bond motifs is 2. The Bertz CT molecular complexity index is 1360. The Morgan fingerprint density at radius 1 is 0.771 bits per heavy atom. The minimum absolute atomic E-state index is 0.00523. The summed E-state index contributed by atoms with van der Waals surface area (Å²) in [7, 11) is 0. The molecule has 35 heavy (non-hydrogen) atoms. The number of hydrogen-bond acceptors (Lipinski definition) is 7. The van der Waals surface area contributed by atoms with Crippen molar-refractivity contribution in [2.24, 2.45) is 0 Å². The zero-order chi connectivity index (χ0) is 24.5. The van der Waals surface area contributed by atoms with Gasteiger partial charge in [0.2, 0.25) is 0 Å². The van der Waals surface area contributed by atoms with Crippen molar-refractivity contribution in [1.29, 1.82) is 0 Å². The molecular formula is C26H20N2O6S. The lowest BCUT2D eigenvalue weighted by Gasteiger charge is -2.34. The second kappa shape index (κ2) is 9.27. The maximum absolute atomic E-state index is 13.1. The lowest BCUT2D eigenvalue weighted by atomic mass is 9.82. The van der Waals surface area contributed by atoms with E-state index in [0.717, 1.165) is 0 Å². The van der Waals surface area contributed by atoms with E-state index in [1.54, 1.807) is 35.2 Å². The predicted molar refractivity (Wildman–Crippen MR) is 127 cm³/mol. The highest BCUT2D eigenvalue weighted by molar-refractivity contribution is 7.12. The third-order valence-corrected chi connectivity index (χ3v) is 7.01. The van der Waals surface area contributed by atoms with E-state index in [9.17, 15) is 24.0 Å². The fourth-order valence-electron chi connectivity index (χ4n) is 4.33. The van der Waals surface area contributed by atoms with Gasteiger partial charge in [0, 0.05) is 48.4 Å². The second-order valence-corrected chi connectivity index (χ2v) is 9.11. The topological polar surface area (TPSA) is 101 Å². The molecule has 0 saturated carbocycles. The van der Waals surface area contributed by atoms with Crippen LogP contribution in [0.15, 0.2) is 60.0 Å². The number of rotatable bonds is 4. The van der Waals surface area contributed by atoms with Crippen LogP contribution in [-0.4, -0.2) is 71.9 Å². The second-order valence-electron chi connectivity index (χ2n) is 8.16. The number of piperazine rings is 1. The number of ketones is 2. The Hall–Kier alpha value is -4.11. The fraction of sp³-hybridized carbons (Fsp3) is 0.192. The molecule has 1 saturated heterocycles. The smallest absolute Gasteiger partial charge is 0.339 e. The molecule has 3 aromatic rings. The summed E-state index contributed by atoms with van der Waals surface area (Å²) in [6, 6.07) is 14.5. The van der Waals surface area contributed by atoms with Crippen molar-refractivity contribution in [3.05, 3.63) is 92.7 Å². The average molecular weight is 489 g/mol. The SMILES string of the molecule is O=C(OCC(=O)N1CCN(C(=O)c2cccs2)CC1)c1cccc2c1C(=O)c1ccccc1C2=O. The van der Waals surface area contributed by atoms with Gasteiger partial charge in [-0.3, -0.25) is 19.2 Å². The van der Waals surface area contributed by atoms with Crippen molar-refractivity contribution in [2.45, 2.75) is 0 Å². The maximum atomic E-state index is 13.1. The number of esters is 1. The number of nitrogens with zero attached hydrogens (tertiary/aromatic N) is 2. The largest absolute Gasteiger partial charge is 0.452 e. The molecule has 0 radical (unpaired) electrons. The molecule has 0 N–H and O–H groups in total. The van der Waals surface area contributed by atoms with E-state index < -0.39 is 18.4 Å². The summed E-state index contributed by atoms with van der Waals surface area (Å²) in [4.78, 5) is 67.7. The van der Waals surface area contributed by atoms with E-state index in [-0.39, 0.29) is 39.9 Å². The summed E-state index contributed by atoms with van der Waals surface area (Å²) in [6.07, 6.45) is 0. The van der Waals surface area contributed by atoms with Crippen molar-refractivity contribution in [2.75, 3.05) is 32.8 Å². The summed E-state index contributed by atoms with van der Waals surface area (Å²) in [5.74, 6) is -2.06. The molecule has 1 aromatic heterocycles. The van der Waals surface area contributed by atoms with E-state index in [4.69, 9.17) is 4.74 Å². The maximum Gasteiger partial charge on any atom is 0.339 e. The number of amides is 2. The molecule has 0 bridgehead atoms. The molecule has 9 heteroatoms. The summed E-state index contributed by atoms with van der Waals surface area (Å²) >= 11 is 1.37. The Morgan fingerprint density at radius 2 is 1.43 bits per heavy atom. The third kappa shape index (κ3) is 4.15. The van der Waals surface area contributed by atoms with E-state index in [1.807, 2.05) is 11.4 Å². The first-order valence-corrected chi connectivity index (χ1v) is 11.9. The van der Waals surface area contributed by atoms with E-state index in [1.165, 1.54) is 34.4 Å². The minimum atomic E-state index is -0.845. The van der Waals surface area contributed by atoms with Gasteiger partial charge in [-0.15, -0.1) is 11.3 Å². The van der Waals surface area contributed by atoms with E-state index >= 15 is 0 Å². The normalized spacial score (nSPS) is 14.9. The standard InChI is InChI=1S/C26H20N2O6S/c29-21(27-10-12-28(13-11-27)25(32)20-9-4-14-35-20)15-34-26(33)19-8-3-7-18-22(19)24(31)17-6-2-1-5-16(17)23(18)30/h1-9,14H,10-13,15H2. The Balaban J connectivity index is 1.23. The van der Waals surface area contributed by atoms with Crippen LogP contribution in [-0.2, 0) is 9.53 Å². The number of ether oxygens (including phenoxy) is 1. The monoisotopic (exact) mass is 488 g/mol. The Labute approximate surface area is 204 Å². The van der Waals surface area contributed by atoms with Crippen LogP contribution in [0.1, 0.15) is 51.9 Å². The first kappa shape index (κ1) is 22.7. The molecule has 5 rings (SSSR count). The van der Waals surface area contributed by atoms with Crippen LogP contribution in [0, 0.1) is 0 Å². The van der Waals surface area contributed by atoms with Gasteiger partial charge in [-0.2, -0.15) is 0 Å². The molecule has 8 nitrogen and oxygen atoms in total. The lowest BCUT2D eigenvalue weighted by Crippen LogP contribution is -2.51. The van der Waals surface area contributed by atoms with Gasteiger partial charge < -0.3 is 14.5 Å². The van der Waals surface area contributed by atoms with Crippen molar-refractivity contribution in [3.8, 4) is 0 Å². The van der Waals surface area contributed by atoms with Gasteiger partial charge in [0.1, 0.15) is 0 Å². The number of hydrogen-bond donors (Lipinski definition) is 0. The van der Waals surface area contributed by atoms with Crippen molar-refractivity contribution < 1.29 is 28.7 Å². The molecule has 0 unspecified atom stereocenters. The van der Waals surface area contributed by atoms with Gasteiger partial charge in [0.05, 0.1) is 10.4 Å². The summed E-state index contributed by atoms with van der Waals surface area (Å²) in [5.41, 5.74) is 0.614. The molecule has 0 atom stereocenters. The van der Waals surface area contributed by atoms with Gasteiger partial charge in [-0.25, -0.2) is 4.79 Å². The molecule has 2 amide bonds. The first-order valence-electron chi connectivity index (χ1n) is 11.0. The van der Waals surface area contributed by atoms with Crippen LogP contribution in [0.2, 0.25) is 0 Å². The Kier molecular flexibility index (Phi) is 6.00. The summed E-state index contributed by atoms with van der Waals surface area (Å²) in [5, 5.41) is 1.84. The number of carbonyl (C=O) groups is 5. The van der Waals surface area contributed by atoms with Crippen molar-refractivity contribution >= 4 is 40.7 Å². The molecular weight excluding hydrogens is 468 g/mol. The molecule has 1 fully saturated rings. The molecule has 1 aliphatic heterocycles. The highest BCUT2D eigenvalue weighted by atomic mass is 32.1. The number of benzene rings is 2. The zero-order valence-electron chi connectivity index (χ0n) is 18.6. The quantitative estimate of drug-likeness (QED) is 0.410. The van der Waals surface area contributed by atoms with Gasteiger partial charge in [-0.05, 0) is 17.5 Å². The minimum Gasteiger partial charge on any atom is -0.452 e. The van der Waals surface area contributed by atoms with Crippen LogP contribution in [0.25, 0.3) is 0 Å². The van der Waals surface area contributed by atoms with E-state index in [2.05, 4.69) is 0 Å². The van der Waals surface area contributed by atoms with Crippen LogP contribution in [0.5, 0.6) is 0 Å². The van der Waals surface area contributed by atoms with Gasteiger partial charge in [-0.1, -0.05) is 42.5 Å². The molecule has 176 valence electrons. The molecule has 2 aromatic carbocycles. The zero-order valence-corrected chi connectivity index (χ0v) is 19.4. The molecule has 2 aliphatic rings. The van der Waals surface area contributed by atoms with Crippen LogP contribution in [0.4, 0.5) is 0 Å². The molecule has 1 aliphatic carbocycles. The van der Waals surface area contributed by atoms with Crippen molar-refractivity contribution in [3.63, 3.8) is 0 Å².